The zero-order valence-corrected chi connectivity index (χ0v) is 11.4. The topological polar surface area (TPSA) is 26.0 Å². The first kappa shape index (κ1) is 12.3. The molecule has 0 radical (unpaired) electrons. The summed E-state index contributed by atoms with van der Waals surface area (Å²) in [5.41, 5.74) is 9.12. The molecule has 0 saturated heterocycles. The van der Waals surface area contributed by atoms with Crippen LogP contribution in [-0.4, -0.2) is 0 Å². The summed E-state index contributed by atoms with van der Waals surface area (Å²) in [4.78, 5) is 2.23. The molecule has 0 atom stereocenters. The van der Waals surface area contributed by atoms with Gasteiger partial charge in [-0.15, -0.1) is 0 Å². The molecule has 0 aliphatic rings. The van der Waals surface area contributed by atoms with Crippen LogP contribution in [0.4, 0.5) is 5.69 Å². The van der Waals surface area contributed by atoms with Gasteiger partial charge in [0.1, 0.15) is 0 Å². The predicted octanol–water partition coefficient (Wildman–Crippen LogP) is 4.69. The van der Waals surface area contributed by atoms with Gasteiger partial charge in [-0.1, -0.05) is 41.6 Å². The summed E-state index contributed by atoms with van der Waals surface area (Å²) >= 11 is 7.67. The molecule has 0 aliphatic heterocycles. The van der Waals surface area contributed by atoms with E-state index in [-0.39, 0.29) is 0 Å². The maximum absolute atomic E-state index is 6.01. The molecule has 0 aliphatic carbocycles. The molecule has 2 rings (SSSR count). The highest BCUT2D eigenvalue weighted by molar-refractivity contribution is 7.99. The van der Waals surface area contributed by atoms with Crippen LogP contribution in [0.15, 0.2) is 46.2 Å². The van der Waals surface area contributed by atoms with Gasteiger partial charge in [-0.25, -0.2) is 0 Å². The van der Waals surface area contributed by atoms with Gasteiger partial charge < -0.3 is 5.73 Å². The number of benzene rings is 2. The normalized spacial score (nSPS) is 10.5. The second-order valence-electron chi connectivity index (χ2n) is 4.02. The molecule has 0 spiro atoms. The molecule has 88 valence electrons. The van der Waals surface area contributed by atoms with Crippen molar-refractivity contribution >= 4 is 29.1 Å². The van der Waals surface area contributed by atoms with E-state index < -0.39 is 0 Å². The first-order valence-electron chi connectivity index (χ1n) is 5.37. The molecule has 1 nitrogen and oxygen atoms in total. The molecule has 0 saturated carbocycles. The molecular weight excluding hydrogens is 250 g/mol. The quantitative estimate of drug-likeness (QED) is 0.796. The Labute approximate surface area is 111 Å². The Bertz CT molecular complexity index is 552. The monoisotopic (exact) mass is 263 g/mol. The van der Waals surface area contributed by atoms with E-state index in [0.29, 0.717) is 10.7 Å². The number of hydrogen-bond acceptors (Lipinski definition) is 2. The minimum absolute atomic E-state index is 0.611. The first-order valence-corrected chi connectivity index (χ1v) is 6.56. The van der Waals surface area contributed by atoms with E-state index in [2.05, 4.69) is 32.0 Å². The van der Waals surface area contributed by atoms with Crippen LogP contribution >= 0.6 is 23.4 Å². The predicted molar refractivity (Wildman–Crippen MR) is 75.9 cm³/mol. The van der Waals surface area contributed by atoms with Gasteiger partial charge in [0.25, 0.3) is 0 Å². The molecule has 2 aromatic rings. The summed E-state index contributed by atoms with van der Waals surface area (Å²) in [5.74, 6) is 0. The third-order valence-corrected chi connectivity index (χ3v) is 4.14. The number of hydrogen-bond donors (Lipinski definition) is 1. The minimum Gasteiger partial charge on any atom is -0.397 e. The van der Waals surface area contributed by atoms with E-state index in [4.69, 9.17) is 17.3 Å². The van der Waals surface area contributed by atoms with Gasteiger partial charge in [0.05, 0.1) is 10.7 Å². The van der Waals surface area contributed by atoms with Crippen LogP contribution in [0.2, 0.25) is 5.02 Å². The average Bonchev–Trinajstić information content (AvgIpc) is 2.30. The Morgan fingerprint density at radius 2 is 1.82 bits per heavy atom. The molecule has 17 heavy (non-hydrogen) atoms. The van der Waals surface area contributed by atoms with Gasteiger partial charge in [-0.2, -0.15) is 0 Å². The summed E-state index contributed by atoms with van der Waals surface area (Å²) < 4.78 is 0. The Hall–Kier alpha value is -1.12. The molecule has 2 N–H and O–H groups in total. The smallest absolute Gasteiger partial charge is 0.0647 e. The van der Waals surface area contributed by atoms with E-state index in [1.165, 1.54) is 16.0 Å². The fourth-order valence-electron chi connectivity index (χ4n) is 1.54. The van der Waals surface area contributed by atoms with Gasteiger partial charge >= 0.3 is 0 Å². The van der Waals surface area contributed by atoms with Gasteiger partial charge in [-0.3, -0.25) is 0 Å². The number of para-hydroxylation sites is 1. The molecule has 0 amide bonds. The molecular formula is C14H14ClNS. The van der Waals surface area contributed by atoms with Crippen molar-refractivity contribution in [3.63, 3.8) is 0 Å². The fourth-order valence-corrected chi connectivity index (χ4v) is 2.85. The summed E-state index contributed by atoms with van der Waals surface area (Å²) in [6.45, 7) is 4.19. The zero-order chi connectivity index (χ0) is 12.4. The Morgan fingerprint density at radius 3 is 2.59 bits per heavy atom. The van der Waals surface area contributed by atoms with Crippen LogP contribution in [0, 0.1) is 13.8 Å². The van der Waals surface area contributed by atoms with Crippen LogP contribution in [0.3, 0.4) is 0 Å². The van der Waals surface area contributed by atoms with Crippen LogP contribution < -0.4 is 5.73 Å². The molecule has 0 aromatic heterocycles. The largest absolute Gasteiger partial charge is 0.397 e. The molecule has 0 bridgehead atoms. The Morgan fingerprint density at radius 1 is 1.06 bits per heavy atom. The lowest BCUT2D eigenvalue weighted by Crippen LogP contribution is -1.90. The van der Waals surface area contributed by atoms with E-state index in [1.807, 2.05) is 18.2 Å². The number of nitrogen functional groups attached to an aromatic ring is 1. The molecule has 3 heteroatoms. The van der Waals surface area contributed by atoms with Crippen molar-refractivity contribution in [2.45, 2.75) is 23.6 Å². The van der Waals surface area contributed by atoms with Gasteiger partial charge in [-0.05, 0) is 43.2 Å². The second kappa shape index (κ2) is 5.03. The zero-order valence-electron chi connectivity index (χ0n) is 9.83. The Kier molecular flexibility index (Phi) is 3.65. The summed E-state index contributed by atoms with van der Waals surface area (Å²) in [6.07, 6.45) is 0. The van der Waals surface area contributed by atoms with Crippen LogP contribution in [0.5, 0.6) is 0 Å². The van der Waals surface area contributed by atoms with Crippen LogP contribution in [0.1, 0.15) is 11.1 Å². The van der Waals surface area contributed by atoms with Crippen molar-refractivity contribution in [3.8, 4) is 0 Å². The van der Waals surface area contributed by atoms with Crippen molar-refractivity contribution < 1.29 is 0 Å². The standard InChI is InChI=1S/C14H14ClNS/c1-9-6-7-10(2)13(8-9)17-12-5-3-4-11(15)14(12)16/h3-8H,16H2,1-2H3. The minimum atomic E-state index is 0.611. The highest BCUT2D eigenvalue weighted by atomic mass is 35.5. The number of rotatable bonds is 2. The van der Waals surface area contributed by atoms with Gasteiger partial charge in [0.2, 0.25) is 0 Å². The van der Waals surface area contributed by atoms with Crippen molar-refractivity contribution in [1.82, 2.24) is 0 Å². The number of aryl methyl sites for hydroxylation is 2. The highest BCUT2D eigenvalue weighted by Crippen LogP contribution is 2.37. The van der Waals surface area contributed by atoms with Gasteiger partial charge in [0, 0.05) is 9.79 Å². The van der Waals surface area contributed by atoms with Crippen molar-refractivity contribution in [2.75, 3.05) is 5.73 Å². The molecule has 0 unspecified atom stereocenters. The maximum atomic E-state index is 6.01. The van der Waals surface area contributed by atoms with E-state index in [9.17, 15) is 0 Å². The first-order chi connectivity index (χ1) is 8.08. The molecule has 2 aromatic carbocycles. The Balaban J connectivity index is 2.38. The lowest BCUT2D eigenvalue weighted by Gasteiger charge is -2.09. The number of anilines is 1. The summed E-state index contributed by atoms with van der Waals surface area (Å²) in [5, 5.41) is 0.611. The van der Waals surface area contributed by atoms with Crippen LogP contribution in [-0.2, 0) is 0 Å². The average molecular weight is 264 g/mol. The number of halogens is 1. The SMILES string of the molecule is Cc1ccc(C)c(Sc2cccc(Cl)c2N)c1. The third kappa shape index (κ3) is 2.76. The fraction of sp³-hybridized carbons (Fsp3) is 0.143. The van der Waals surface area contributed by atoms with Crippen LogP contribution in [0.25, 0.3) is 0 Å². The summed E-state index contributed by atoms with van der Waals surface area (Å²) in [7, 11) is 0. The van der Waals surface area contributed by atoms with E-state index >= 15 is 0 Å². The van der Waals surface area contributed by atoms with Crippen molar-refractivity contribution in [3.05, 3.63) is 52.5 Å². The maximum Gasteiger partial charge on any atom is 0.0647 e. The van der Waals surface area contributed by atoms with E-state index in [1.54, 1.807) is 11.8 Å². The van der Waals surface area contributed by atoms with Gasteiger partial charge in [0.15, 0.2) is 0 Å². The lowest BCUT2D eigenvalue weighted by molar-refractivity contribution is 1.25. The highest BCUT2D eigenvalue weighted by Gasteiger charge is 2.07. The lowest BCUT2D eigenvalue weighted by atomic mass is 10.2. The number of nitrogens with two attached hydrogens (primary N) is 1. The van der Waals surface area contributed by atoms with Crippen molar-refractivity contribution in [2.24, 2.45) is 0 Å². The molecule has 0 fully saturated rings. The van der Waals surface area contributed by atoms with E-state index in [0.717, 1.165) is 4.90 Å². The molecule has 0 heterocycles. The second-order valence-corrected chi connectivity index (χ2v) is 5.51. The third-order valence-electron chi connectivity index (χ3n) is 2.58. The summed E-state index contributed by atoms with van der Waals surface area (Å²) in [6, 6.07) is 12.1. The van der Waals surface area contributed by atoms with Crippen molar-refractivity contribution in [1.29, 1.82) is 0 Å².